The van der Waals surface area contributed by atoms with E-state index in [1.807, 2.05) is 19.2 Å². The number of unbranched alkanes of at least 4 members (excludes halogenated alkanes) is 1. The molecule has 14 heavy (non-hydrogen) atoms. The van der Waals surface area contributed by atoms with Crippen molar-refractivity contribution in [3.63, 3.8) is 0 Å². The molecule has 1 rings (SSSR count). The largest absolute Gasteiger partial charge is 0.399 e. The number of anilines is 2. The summed E-state index contributed by atoms with van der Waals surface area (Å²) in [5.74, 6) is 0.925. The van der Waals surface area contributed by atoms with Crippen molar-refractivity contribution in [2.75, 3.05) is 24.2 Å². The van der Waals surface area contributed by atoms with Crippen LogP contribution in [0.15, 0.2) is 31.0 Å². The summed E-state index contributed by atoms with van der Waals surface area (Å²) in [5, 5.41) is 0. The van der Waals surface area contributed by atoms with Gasteiger partial charge in [-0.15, -0.1) is 6.58 Å². The van der Waals surface area contributed by atoms with Crippen molar-refractivity contribution in [3.8, 4) is 0 Å². The molecule has 0 aliphatic heterocycles. The highest BCUT2D eigenvalue weighted by molar-refractivity contribution is 5.49. The van der Waals surface area contributed by atoms with Crippen molar-refractivity contribution in [2.24, 2.45) is 0 Å². The van der Waals surface area contributed by atoms with Gasteiger partial charge in [0.2, 0.25) is 0 Å². The van der Waals surface area contributed by atoms with E-state index < -0.39 is 0 Å². The zero-order valence-corrected chi connectivity index (χ0v) is 8.61. The van der Waals surface area contributed by atoms with E-state index in [2.05, 4.69) is 16.5 Å². The average molecular weight is 191 g/mol. The third-order valence-electron chi connectivity index (χ3n) is 2.06. The number of nitrogens with two attached hydrogens (primary N) is 1. The van der Waals surface area contributed by atoms with Crippen LogP contribution < -0.4 is 10.6 Å². The van der Waals surface area contributed by atoms with Gasteiger partial charge in [-0.05, 0) is 18.9 Å². The van der Waals surface area contributed by atoms with Gasteiger partial charge in [-0.2, -0.15) is 0 Å². The van der Waals surface area contributed by atoms with E-state index >= 15 is 0 Å². The molecule has 0 atom stereocenters. The van der Waals surface area contributed by atoms with E-state index in [4.69, 9.17) is 5.73 Å². The van der Waals surface area contributed by atoms with Gasteiger partial charge in [-0.3, -0.25) is 0 Å². The Morgan fingerprint density at radius 1 is 1.64 bits per heavy atom. The molecule has 0 aliphatic carbocycles. The van der Waals surface area contributed by atoms with Crippen LogP contribution in [0, 0.1) is 0 Å². The van der Waals surface area contributed by atoms with Crippen LogP contribution in [0.2, 0.25) is 0 Å². The molecule has 0 saturated carbocycles. The Morgan fingerprint density at radius 2 is 2.43 bits per heavy atom. The molecule has 0 radical (unpaired) electrons. The van der Waals surface area contributed by atoms with Crippen molar-refractivity contribution >= 4 is 11.5 Å². The Bertz CT molecular complexity index is 296. The zero-order valence-electron chi connectivity index (χ0n) is 8.61. The van der Waals surface area contributed by atoms with E-state index in [9.17, 15) is 0 Å². The van der Waals surface area contributed by atoms with Gasteiger partial charge in [0.15, 0.2) is 0 Å². The summed E-state index contributed by atoms with van der Waals surface area (Å²) in [5.41, 5.74) is 6.42. The predicted molar refractivity (Wildman–Crippen MR) is 61.4 cm³/mol. The Hall–Kier alpha value is -1.51. The van der Waals surface area contributed by atoms with E-state index in [1.165, 1.54) is 0 Å². The number of allylic oxidation sites excluding steroid dienone is 1. The molecule has 0 aromatic carbocycles. The molecule has 0 spiro atoms. The zero-order chi connectivity index (χ0) is 10.4. The molecule has 3 nitrogen and oxygen atoms in total. The lowest BCUT2D eigenvalue weighted by molar-refractivity contribution is 0.792. The Kier molecular flexibility index (Phi) is 3.98. The number of rotatable bonds is 5. The highest BCUT2D eigenvalue weighted by atomic mass is 15.2. The lowest BCUT2D eigenvalue weighted by Crippen LogP contribution is -2.19. The molecule has 1 aromatic rings. The number of aromatic nitrogens is 1. The lowest BCUT2D eigenvalue weighted by Gasteiger charge is -2.17. The third kappa shape index (κ3) is 3.09. The fourth-order valence-corrected chi connectivity index (χ4v) is 1.23. The summed E-state index contributed by atoms with van der Waals surface area (Å²) in [7, 11) is 2.02. The average Bonchev–Trinajstić information content (AvgIpc) is 2.18. The van der Waals surface area contributed by atoms with Crippen molar-refractivity contribution < 1.29 is 0 Å². The quantitative estimate of drug-likeness (QED) is 0.572. The second kappa shape index (κ2) is 5.27. The van der Waals surface area contributed by atoms with Gasteiger partial charge in [-0.1, -0.05) is 6.08 Å². The van der Waals surface area contributed by atoms with Crippen molar-refractivity contribution in [1.82, 2.24) is 4.98 Å². The summed E-state index contributed by atoms with van der Waals surface area (Å²) in [6.45, 7) is 4.66. The summed E-state index contributed by atoms with van der Waals surface area (Å²) < 4.78 is 0. The maximum Gasteiger partial charge on any atom is 0.130 e. The maximum atomic E-state index is 5.67. The van der Waals surface area contributed by atoms with Gasteiger partial charge in [0.05, 0.1) is 0 Å². The van der Waals surface area contributed by atoms with Gasteiger partial charge in [0.1, 0.15) is 5.82 Å². The second-order valence-electron chi connectivity index (χ2n) is 3.30. The smallest absolute Gasteiger partial charge is 0.130 e. The van der Waals surface area contributed by atoms with Crippen LogP contribution in [0.25, 0.3) is 0 Å². The topological polar surface area (TPSA) is 42.1 Å². The fraction of sp³-hybridized carbons (Fsp3) is 0.364. The monoisotopic (exact) mass is 191 g/mol. The van der Waals surface area contributed by atoms with Gasteiger partial charge in [0, 0.05) is 31.5 Å². The van der Waals surface area contributed by atoms with Gasteiger partial charge in [-0.25, -0.2) is 4.98 Å². The van der Waals surface area contributed by atoms with Crippen molar-refractivity contribution in [1.29, 1.82) is 0 Å². The molecule has 3 heteroatoms. The lowest BCUT2D eigenvalue weighted by atomic mass is 10.3. The minimum absolute atomic E-state index is 0.755. The minimum atomic E-state index is 0.755. The second-order valence-corrected chi connectivity index (χ2v) is 3.30. The van der Waals surface area contributed by atoms with E-state index in [0.29, 0.717) is 0 Å². The van der Waals surface area contributed by atoms with Crippen LogP contribution in [-0.4, -0.2) is 18.6 Å². The highest BCUT2D eigenvalue weighted by Crippen LogP contribution is 2.12. The molecule has 1 heterocycles. The minimum Gasteiger partial charge on any atom is -0.399 e. The molecule has 0 saturated heterocycles. The number of nitrogens with zero attached hydrogens (tertiary/aromatic N) is 2. The van der Waals surface area contributed by atoms with Crippen LogP contribution in [0.3, 0.4) is 0 Å². The van der Waals surface area contributed by atoms with Gasteiger partial charge in [0.25, 0.3) is 0 Å². The summed E-state index contributed by atoms with van der Waals surface area (Å²) in [6.07, 6.45) is 5.79. The Morgan fingerprint density at radius 3 is 3.07 bits per heavy atom. The normalized spacial score (nSPS) is 9.79. The summed E-state index contributed by atoms with van der Waals surface area (Å²) in [4.78, 5) is 6.34. The molecule has 0 unspecified atom stereocenters. The van der Waals surface area contributed by atoms with E-state index in [0.717, 1.165) is 30.9 Å². The van der Waals surface area contributed by atoms with Gasteiger partial charge < -0.3 is 10.6 Å². The SMILES string of the molecule is C=CCCCN(C)c1cc(N)ccn1. The first-order valence-corrected chi connectivity index (χ1v) is 4.77. The molecule has 76 valence electrons. The van der Waals surface area contributed by atoms with Crippen LogP contribution in [-0.2, 0) is 0 Å². The number of hydrogen-bond donors (Lipinski definition) is 1. The molecular formula is C11H17N3. The Balaban J connectivity index is 2.51. The van der Waals surface area contributed by atoms with Crippen LogP contribution in [0.4, 0.5) is 11.5 Å². The highest BCUT2D eigenvalue weighted by Gasteiger charge is 2.00. The molecule has 0 aliphatic rings. The molecular weight excluding hydrogens is 174 g/mol. The van der Waals surface area contributed by atoms with Crippen LogP contribution >= 0.6 is 0 Å². The fourth-order valence-electron chi connectivity index (χ4n) is 1.23. The first-order valence-electron chi connectivity index (χ1n) is 4.77. The van der Waals surface area contributed by atoms with Crippen LogP contribution in [0.5, 0.6) is 0 Å². The number of hydrogen-bond acceptors (Lipinski definition) is 3. The third-order valence-corrected chi connectivity index (χ3v) is 2.06. The maximum absolute atomic E-state index is 5.67. The number of pyridine rings is 1. The predicted octanol–water partition coefficient (Wildman–Crippen LogP) is 2.07. The van der Waals surface area contributed by atoms with Crippen molar-refractivity contribution in [3.05, 3.63) is 31.0 Å². The first-order chi connectivity index (χ1) is 6.74. The van der Waals surface area contributed by atoms with E-state index in [-0.39, 0.29) is 0 Å². The molecule has 1 aromatic heterocycles. The van der Waals surface area contributed by atoms with Gasteiger partial charge >= 0.3 is 0 Å². The summed E-state index contributed by atoms with van der Waals surface area (Å²) >= 11 is 0. The van der Waals surface area contributed by atoms with Crippen LogP contribution in [0.1, 0.15) is 12.8 Å². The molecule has 2 N–H and O–H groups in total. The molecule has 0 bridgehead atoms. The van der Waals surface area contributed by atoms with E-state index in [1.54, 1.807) is 12.3 Å². The molecule has 0 amide bonds. The number of nitrogen functional groups attached to an aromatic ring is 1. The first kappa shape index (κ1) is 10.6. The Labute approximate surface area is 85.3 Å². The van der Waals surface area contributed by atoms with Crippen molar-refractivity contribution in [2.45, 2.75) is 12.8 Å². The molecule has 0 fully saturated rings. The summed E-state index contributed by atoms with van der Waals surface area (Å²) in [6, 6.07) is 3.68. The standard InChI is InChI=1S/C11H17N3/c1-3-4-5-8-14(2)11-9-10(12)6-7-13-11/h3,6-7,9H,1,4-5,8H2,2H3,(H2,12,13).